The molecule has 2 atom stereocenters. The van der Waals surface area contributed by atoms with Crippen molar-refractivity contribution in [2.24, 2.45) is 0 Å². The van der Waals surface area contributed by atoms with E-state index in [4.69, 9.17) is 4.74 Å². The van der Waals surface area contributed by atoms with Crippen molar-refractivity contribution >= 4 is 5.91 Å². The van der Waals surface area contributed by atoms with Crippen molar-refractivity contribution in [3.8, 4) is 0 Å². The van der Waals surface area contributed by atoms with Gasteiger partial charge in [0.2, 0.25) is 0 Å². The molecule has 2 aliphatic heterocycles. The van der Waals surface area contributed by atoms with E-state index in [0.717, 1.165) is 59.0 Å². The average Bonchev–Trinajstić information content (AvgIpc) is 2.45. The molecule has 2 heterocycles. The highest BCUT2D eigenvalue weighted by Crippen LogP contribution is 2.07. The smallest absolute Gasteiger partial charge is 0.251 e. The monoisotopic (exact) mass is 285 g/mol. The second kappa shape index (κ2) is 7.36. The van der Waals surface area contributed by atoms with Gasteiger partial charge in [-0.3, -0.25) is 14.6 Å². The molecular formula is C14H27N3O3. The lowest BCUT2D eigenvalue weighted by Gasteiger charge is -2.37. The molecule has 1 amide bonds. The van der Waals surface area contributed by atoms with E-state index in [-0.39, 0.29) is 5.91 Å². The first kappa shape index (κ1) is 15.7. The predicted octanol–water partition coefficient (Wildman–Crippen LogP) is -0.768. The van der Waals surface area contributed by atoms with Gasteiger partial charge in [-0.2, -0.15) is 0 Å². The lowest BCUT2D eigenvalue weighted by molar-refractivity contribution is -0.141. The number of aliphatic hydroxyl groups is 1. The van der Waals surface area contributed by atoms with E-state index >= 15 is 0 Å². The fourth-order valence-corrected chi connectivity index (χ4v) is 2.83. The Balaban J connectivity index is 1.65. The lowest BCUT2D eigenvalue weighted by Crippen LogP contribution is -2.53. The standard InChI is InChI=1S/C14H27N3O3/c1-12-11-16(9-10-20-12)4-3-15-5-7-17(8-6-15)14(19)13(2)18/h12-13,18H,3-11H2,1-2H3. The number of piperazine rings is 1. The van der Waals surface area contributed by atoms with E-state index in [0.29, 0.717) is 6.10 Å². The number of carbonyl (C=O) groups is 1. The van der Waals surface area contributed by atoms with Crippen LogP contribution in [-0.2, 0) is 9.53 Å². The minimum Gasteiger partial charge on any atom is -0.384 e. The molecule has 0 radical (unpaired) electrons. The zero-order valence-electron chi connectivity index (χ0n) is 12.6. The van der Waals surface area contributed by atoms with Crippen LogP contribution in [0, 0.1) is 0 Å². The van der Waals surface area contributed by atoms with E-state index < -0.39 is 6.10 Å². The molecule has 0 aromatic rings. The van der Waals surface area contributed by atoms with Gasteiger partial charge in [0.05, 0.1) is 12.7 Å². The van der Waals surface area contributed by atoms with Crippen molar-refractivity contribution in [3.63, 3.8) is 0 Å². The Morgan fingerprint density at radius 2 is 1.85 bits per heavy atom. The number of hydrogen-bond donors (Lipinski definition) is 1. The quantitative estimate of drug-likeness (QED) is 0.735. The van der Waals surface area contributed by atoms with Crippen LogP contribution in [0.5, 0.6) is 0 Å². The molecule has 2 fully saturated rings. The minimum atomic E-state index is -0.878. The fraction of sp³-hybridized carbons (Fsp3) is 0.929. The summed E-state index contributed by atoms with van der Waals surface area (Å²) in [5, 5.41) is 9.31. The van der Waals surface area contributed by atoms with Gasteiger partial charge >= 0.3 is 0 Å². The van der Waals surface area contributed by atoms with E-state index in [9.17, 15) is 9.90 Å². The highest BCUT2D eigenvalue weighted by atomic mass is 16.5. The van der Waals surface area contributed by atoms with Gasteiger partial charge in [-0.15, -0.1) is 0 Å². The molecular weight excluding hydrogens is 258 g/mol. The SMILES string of the molecule is CC1CN(CCN2CCN(C(=O)C(C)O)CC2)CCO1. The molecule has 116 valence electrons. The highest BCUT2D eigenvalue weighted by Gasteiger charge is 2.24. The van der Waals surface area contributed by atoms with Crippen molar-refractivity contribution in [3.05, 3.63) is 0 Å². The maximum absolute atomic E-state index is 11.7. The fourth-order valence-electron chi connectivity index (χ4n) is 2.83. The van der Waals surface area contributed by atoms with E-state index in [1.165, 1.54) is 6.92 Å². The number of ether oxygens (including phenoxy) is 1. The summed E-state index contributed by atoms with van der Waals surface area (Å²) >= 11 is 0. The van der Waals surface area contributed by atoms with Gasteiger partial charge in [-0.1, -0.05) is 0 Å². The van der Waals surface area contributed by atoms with Crippen molar-refractivity contribution in [1.82, 2.24) is 14.7 Å². The maximum Gasteiger partial charge on any atom is 0.251 e. The summed E-state index contributed by atoms with van der Waals surface area (Å²) in [5.41, 5.74) is 0. The first-order valence-electron chi connectivity index (χ1n) is 7.59. The summed E-state index contributed by atoms with van der Waals surface area (Å²) < 4.78 is 5.54. The molecule has 6 heteroatoms. The van der Waals surface area contributed by atoms with Crippen LogP contribution in [-0.4, -0.2) is 96.9 Å². The number of carbonyl (C=O) groups excluding carboxylic acids is 1. The summed E-state index contributed by atoms with van der Waals surface area (Å²) in [7, 11) is 0. The van der Waals surface area contributed by atoms with Crippen LogP contribution in [0.15, 0.2) is 0 Å². The topological polar surface area (TPSA) is 56.2 Å². The Hall–Kier alpha value is -0.690. The molecule has 0 saturated carbocycles. The first-order valence-corrected chi connectivity index (χ1v) is 7.59. The lowest BCUT2D eigenvalue weighted by atomic mass is 10.2. The Labute approximate surface area is 121 Å². The molecule has 1 N–H and O–H groups in total. The minimum absolute atomic E-state index is 0.147. The second-order valence-corrected chi connectivity index (χ2v) is 5.82. The molecule has 0 aliphatic carbocycles. The molecule has 0 bridgehead atoms. The van der Waals surface area contributed by atoms with Gasteiger partial charge in [0.15, 0.2) is 0 Å². The maximum atomic E-state index is 11.7. The van der Waals surface area contributed by atoms with Crippen LogP contribution in [0.2, 0.25) is 0 Å². The van der Waals surface area contributed by atoms with Crippen LogP contribution in [0.1, 0.15) is 13.8 Å². The van der Waals surface area contributed by atoms with Gasteiger partial charge in [0.25, 0.3) is 5.91 Å². The van der Waals surface area contributed by atoms with Crippen molar-refractivity contribution in [1.29, 1.82) is 0 Å². The van der Waals surface area contributed by atoms with Crippen molar-refractivity contribution < 1.29 is 14.6 Å². The molecule has 20 heavy (non-hydrogen) atoms. The zero-order valence-corrected chi connectivity index (χ0v) is 12.6. The number of nitrogens with zero attached hydrogens (tertiary/aromatic N) is 3. The van der Waals surface area contributed by atoms with E-state index in [2.05, 4.69) is 16.7 Å². The Bertz CT molecular complexity index is 317. The summed E-state index contributed by atoms with van der Waals surface area (Å²) in [6, 6.07) is 0. The molecule has 0 aromatic heterocycles. The summed E-state index contributed by atoms with van der Waals surface area (Å²) in [6.45, 7) is 11.9. The third kappa shape index (κ3) is 4.41. The van der Waals surface area contributed by atoms with Crippen LogP contribution < -0.4 is 0 Å². The number of aliphatic hydroxyl groups excluding tert-OH is 1. The largest absolute Gasteiger partial charge is 0.384 e. The number of morpholine rings is 1. The Morgan fingerprint density at radius 1 is 1.20 bits per heavy atom. The molecule has 0 aromatic carbocycles. The Morgan fingerprint density at radius 3 is 2.45 bits per heavy atom. The van der Waals surface area contributed by atoms with Crippen molar-refractivity contribution in [2.75, 3.05) is 59.0 Å². The average molecular weight is 285 g/mol. The van der Waals surface area contributed by atoms with Crippen LogP contribution >= 0.6 is 0 Å². The predicted molar refractivity (Wildman–Crippen MR) is 76.6 cm³/mol. The summed E-state index contributed by atoms with van der Waals surface area (Å²) in [5.74, 6) is -0.147. The molecule has 0 spiro atoms. The van der Waals surface area contributed by atoms with Crippen LogP contribution in [0.4, 0.5) is 0 Å². The molecule has 6 nitrogen and oxygen atoms in total. The number of rotatable bonds is 4. The third-order valence-corrected chi connectivity index (χ3v) is 4.10. The van der Waals surface area contributed by atoms with Crippen molar-refractivity contribution in [2.45, 2.75) is 26.1 Å². The summed E-state index contributed by atoms with van der Waals surface area (Å²) in [6.07, 6.45) is -0.541. The van der Waals surface area contributed by atoms with Gasteiger partial charge in [-0.25, -0.2) is 0 Å². The van der Waals surface area contributed by atoms with Gasteiger partial charge < -0.3 is 14.7 Å². The van der Waals surface area contributed by atoms with Crippen LogP contribution in [0.3, 0.4) is 0 Å². The Kier molecular flexibility index (Phi) is 5.77. The normalized spacial score (nSPS) is 27.6. The zero-order chi connectivity index (χ0) is 14.5. The molecule has 2 aliphatic rings. The number of hydrogen-bond acceptors (Lipinski definition) is 5. The van der Waals surface area contributed by atoms with Gasteiger partial charge in [-0.05, 0) is 13.8 Å². The van der Waals surface area contributed by atoms with Crippen LogP contribution in [0.25, 0.3) is 0 Å². The van der Waals surface area contributed by atoms with E-state index in [1.54, 1.807) is 4.90 Å². The second-order valence-electron chi connectivity index (χ2n) is 5.82. The molecule has 2 rings (SSSR count). The first-order chi connectivity index (χ1) is 9.56. The molecule has 2 unspecified atom stereocenters. The number of amides is 1. The highest BCUT2D eigenvalue weighted by molar-refractivity contribution is 5.80. The van der Waals surface area contributed by atoms with E-state index in [1.807, 2.05) is 0 Å². The van der Waals surface area contributed by atoms with Gasteiger partial charge in [0.1, 0.15) is 6.10 Å². The third-order valence-electron chi connectivity index (χ3n) is 4.10. The summed E-state index contributed by atoms with van der Waals surface area (Å²) in [4.78, 5) is 18.3. The van der Waals surface area contributed by atoms with Gasteiger partial charge in [0, 0.05) is 52.4 Å². The molecule has 2 saturated heterocycles.